The molecule has 1 amide bonds. The maximum atomic E-state index is 14.0. The molecule has 0 radical (unpaired) electrons. The number of carbonyl (C=O) groups excluding carboxylic acids is 1. The van der Waals surface area contributed by atoms with Crippen molar-refractivity contribution in [1.29, 1.82) is 0 Å². The first-order valence-corrected chi connectivity index (χ1v) is 9.21. The number of aromatic nitrogens is 1. The van der Waals surface area contributed by atoms with Gasteiger partial charge in [0.05, 0.1) is 35.9 Å². The minimum atomic E-state index is -0.201. The molecule has 1 N–H and O–H groups in total. The Labute approximate surface area is 162 Å². The van der Waals surface area contributed by atoms with Crippen molar-refractivity contribution in [3.05, 3.63) is 78.3 Å². The van der Waals surface area contributed by atoms with Gasteiger partial charge in [0.2, 0.25) is 0 Å². The van der Waals surface area contributed by atoms with E-state index in [1.54, 1.807) is 36.9 Å². The third kappa shape index (κ3) is 3.98. The maximum absolute atomic E-state index is 14.0. The quantitative estimate of drug-likeness (QED) is 0.737. The van der Waals surface area contributed by atoms with Crippen LogP contribution in [0.3, 0.4) is 0 Å². The van der Waals surface area contributed by atoms with Crippen LogP contribution in [0.15, 0.2) is 65.5 Å². The van der Waals surface area contributed by atoms with Crippen LogP contribution in [0.25, 0.3) is 0 Å². The Morgan fingerprint density at radius 2 is 1.86 bits per heavy atom. The number of pyridine rings is 1. The van der Waals surface area contributed by atoms with Crippen molar-refractivity contribution in [3.63, 3.8) is 0 Å². The first kappa shape index (κ1) is 18.0. The molecule has 6 nitrogen and oxygen atoms in total. The Balaban J connectivity index is 1.38. The zero-order valence-corrected chi connectivity index (χ0v) is 15.3. The highest BCUT2D eigenvalue weighted by Crippen LogP contribution is 2.23. The zero-order valence-electron chi connectivity index (χ0n) is 15.3. The maximum Gasteiger partial charge on any atom is 0.253 e. The molecule has 144 valence electrons. The van der Waals surface area contributed by atoms with Crippen molar-refractivity contribution in [1.82, 2.24) is 10.3 Å². The first-order chi connectivity index (χ1) is 13.7. The Hall–Kier alpha value is -3.35. The minimum Gasteiger partial charge on any atom is -0.467 e. The molecule has 28 heavy (non-hydrogen) atoms. The molecule has 1 aromatic carbocycles. The number of amides is 1. The summed E-state index contributed by atoms with van der Waals surface area (Å²) in [6.45, 7) is 3.20. The van der Waals surface area contributed by atoms with E-state index in [4.69, 9.17) is 4.42 Å². The molecule has 0 atom stereocenters. The fraction of sp³-hybridized carbons (Fsp3) is 0.238. The number of rotatable bonds is 5. The summed E-state index contributed by atoms with van der Waals surface area (Å²) >= 11 is 0. The molecule has 1 saturated heterocycles. The molecule has 0 aliphatic carbocycles. The highest BCUT2D eigenvalue weighted by Gasteiger charge is 2.20. The number of nitrogens with one attached hydrogen (secondary N) is 1. The summed E-state index contributed by atoms with van der Waals surface area (Å²) in [5.74, 6) is 0.297. The standard InChI is InChI=1S/C21H21FN4O2/c22-19-5-1-2-6-20(19)26-9-7-25(8-10-26)17-12-16(13-23-14-17)21(27)24-15-18-4-3-11-28-18/h1-6,11-14H,7-10,15H2,(H,24,27). The molecule has 3 heterocycles. The largest absolute Gasteiger partial charge is 0.467 e. The molecule has 7 heteroatoms. The highest BCUT2D eigenvalue weighted by atomic mass is 19.1. The number of nitrogens with zero attached hydrogens (tertiary/aromatic N) is 3. The fourth-order valence-electron chi connectivity index (χ4n) is 3.32. The van der Waals surface area contributed by atoms with Crippen molar-refractivity contribution >= 4 is 17.3 Å². The van der Waals surface area contributed by atoms with Crippen molar-refractivity contribution in [2.24, 2.45) is 0 Å². The summed E-state index contributed by atoms with van der Waals surface area (Å²) < 4.78 is 19.2. The number of halogens is 1. The van der Waals surface area contributed by atoms with Crippen molar-refractivity contribution < 1.29 is 13.6 Å². The van der Waals surface area contributed by atoms with E-state index in [1.807, 2.05) is 23.1 Å². The first-order valence-electron chi connectivity index (χ1n) is 9.21. The molecule has 0 saturated carbocycles. The van der Waals surface area contributed by atoms with Gasteiger partial charge in [0.15, 0.2) is 0 Å². The van der Waals surface area contributed by atoms with Crippen LogP contribution in [0, 0.1) is 5.82 Å². The number of hydrogen-bond acceptors (Lipinski definition) is 5. The SMILES string of the molecule is O=C(NCc1ccco1)c1cncc(N2CCN(c3ccccc3F)CC2)c1. The van der Waals surface area contributed by atoms with Crippen molar-refractivity contribution in [2.75, 3.05) is 36.0 Å². The molecule has 1 aliphatic heterocycles. The topological polar surface area (TPSA) is 61.6 Å². The molecule has 0 spiro atoms. The number of furan rings is 1. The molecular weight excluding hydrogens is 359 g/mol. The summed E-state index contributed by atoms with van der Waals surface area (Å²) in [5, 5.41) is 2.83. The van der Waals surface area contributed by atoms with Gasteiger partial charge in [-0.1, -0.05) is 12.1 Å². The highest BCUT2D eigenvalue weighted by molar-refractivity contribution is 5.94. The van der Waals surface area contributed by atoms with Crippen LogP contribution >= 0.6 is 0 Å². The van der Waals surface area contributed by atoms with E-state index in [-0.39, 0.29) is 11.7 Å². The van der Waals surface area contributed by atoms with E-state index in [9.17, 15) is 9.18 Å². The van der Waals surface area contributed by atoms with Gasteiger partial charge in [0, 0.05) is 32.4 Å². The van der Waals surface area contributed by atoms with Gasteiger partial charge in [-0.15, -0.1) is 0 Å². The number of piperazine rings is 1. The van der Waals surface area contributed by atoms with E-state index < -0.39 is 0 Å². The van der Waals surface area contributed by atoms with Gasteiger partial charge in [-0.05, 0) is 30.3 Å². The third-order valence-corrected chi connectivity index (χ3v) is 4.83. The average molecular weight is 380 g/mol. The Bertz CT molecular complexity index is 937. The number of carbonyl (C=O) groups is 1. The van der Waals surface area contributed by atoms with E-state index in [0.29, 0.717) is 36.6 Å². The Morgan fingerprint density at radius 1 is 1.07 bits per heavy atom. The van der Waals surface area contributed by atoms with E-state index >= 15 is 0 Å². The molecule has 1 fully saturated rings. The summed E-state index contributed by atoms with van der Waals surface area (Å²) in [4.78, 5) is 20.8. The molecular formula is C21H21FN4O2. The van der Waals surface area contributed by atoms with Gasteiger partial charge in [-0.2, -0.15) is 0 Å². The summed E-state index contributed by atoms with van der Waals surface area (Å²) in [7, 11) is 0. The molecule has 1 aliphatic rings. The monoisotopic (exact) mass is 380 g/mol. The van der Waals surface area contributed by atoms with Crippen molar-refractivity contribution in [3.8, 4) is 0 Å². The normalized spacial score (nSPS) is 14.2. The second-order valence-electron chi connectivity index (χ2n) is 6.62. The van der Waals surface area contributed by atoms with Crippen LogP contribution in [-0.2, 0) is 6.54 Å². The number of para-hydroxylation sites is 1. The van der Waals surface area contributed by atoms with Gasteiger partial charge in [0.1, 0.15) is 11.6 Å². The minimum absolute atomic E-state index is 0.198. The van der Waals surface area contributed by atoms with Crippen LogP contribution in [0.5, 0.6) is 0 Å². The lowest BCUT2D eigenvalue weighted by atomic mass is 10.2. The lowest BCUT2D eigenvalue weighted by Crippen LogP contribution is -2.47. The number of benzene rings is 1. The Morgan fingerprint density at radius 3 is 2.61 bits per heavy atom. The van der Waals surface area contributed by atoms with Crippen LogP contribution in [0.4, 0.5) is 15.8 Å². The number of hydrogen-bond donors (Lipinski definition) is 1. The predicted molar refractivity (Wildman–Crippen MR) is 105 cm³/mol. The molecule has 0 bridgehead atoms. The van der Waals surface area contributed by atoms with Crippen LogP contribution < -0.4 is 15.1 Å². The van der Waals surface area contributed by atoms with Gasteiger partial charge in [0.25, 0.3) is 5.91 Å². The van der Waals surface area contributed by atoms with Crippen LogP contribution in [0.2, 0.25) is 0 Å². The van der Waals surface area contributed by atoms with Crippen molar-refractivity contribution in [2.45, 2.75) is 6.54 Å². The lowest BCUT2D eigenvalue weighted by Gasteiger charge is -2.37. The summed E-state index contributed by atoms with van der Waals surface area (Å²) in [5.41, 5.74) is 2.02. The smallest absolute Gasteiger partial charge is 0.253 e. The van der Waals surface area contributed by atoms with Crippen LogP contribution in [-0.4, -0.2) is 37.1 Å². The number of anilines is 2. The average Bonchev–Trinajstić information content (AvgIpc) is 3.26. The predicted octanol–water partition coefficient (Wildman–Crippen LogP) is 3.07. The molecule has 4 rings (SSSR count). The zero-order chi connectivity index (χ0) is 19.3. The summed E-state index contributed by atoms with van der Waals surface area (Å²) in [6, 6.07) is 12.3. The van der Waals surface area contributed by atoms with E-state index in [0.717, 1.165) is 18.8 Å². The van der Waals surface area contributed by atoms with Gasteiger partial charge in [-0.25, -0.2) is 4.39 Å². The van der Waals surface area contributed by atoms with Gasteiger partial charge in [-0.3, -0.25) is 9.78 Å². The molecule has 0 unspecified atom stereocenters. The lowest BCUT2D eigenvalue weighted by molar-refractivity contribution is 0.0947. The Kier molecular flexibility index (Phi) is 5.23. The second-order valence-corrected chi connectivity index (χ2v) is 6.62. The second kappa shape index (κ2) is 8.12. The molecule has 3 aromatic rings. The summed E-state index contributed by atoms with van der Waals surface area (Å²) in [6.07, 6.45) is 4.88. The van der Waals surface area contributed by atoms with Gasteiger partial charge < -0.3 is 19.5 Å². The fourth-order valence-corrected chi connectivity index (χ4v) is 3.32. The van der Waals surface area contributed by atoms with E-state index in [1.165, 1.54) is 6.07 Å². The van der Waals surface area contributed by atoms with Crippen LogP contribution in [0.1, 0.15) is 16.1 Å². The van der Waals surface area contributed by atoms with E-state index in [2.05, 4.69) is 15.2 Å². The molecule has 2 aromatic heterocycles. The third-order valence-electron chi connectivity index (χ3n) is 4.83. The van der Waals surface area contributed by atoms with Gasteiger partial charge >= 0.3 is 0 Å².